The Balaban J connectivity index is 2.05. The Hall–Kier alpha value is -2.53. The monoisotopic (exact) mass is 388 g/mol. The maximum Gasteiger partial charge on any atom is 0.244 e. The van der Waals surface area contributed by atoms with Crippen molar-refractivity contribution in [1.29, 1.82) is 0 Å². The molecule has 0 aromatic heterocycles. The number of amides is 1. The number of ether oxygens (including phenoxy) is 2. The van der Waals surface area contributed by atoms with Crippen molar-refractivity contribution in [2.24, 2.45) is 5.10 Å². The van der Waals surface area contributed by atoms with E-state index in [-0.39, 0.29) is 18.4 Å². The molecule has 144 valence electrons. The number of carbonyl (C=O) groups is 1. The topological polar surface area (TPSA) is 59.9 Å². The molecule has 0 saturated heterocycles. The van der Waals surface area contributed by atoms with Crippen molar-refractivity contribution < 1.29 is 14.3 Å². The first kappa shape index (κ1) is 20.8. The van der Waals surface area contributed by atoms with E-state index in [2.05, 4.69) is 16.6 Å². The van der Waals surface area contributed by atoms with Crippen LogP contribution in [0, 0.1) is 13.8 Å². The van der Waals surface area contributed by atoms with Gasteiger partial charge in [0.2, 0.25) is 5.91 Å². The van der Waals surface area contributed by atoms with E-state index in [9.17, 15) is 4.79 Å². The van der Waals surface area contributed by atoms with E-state index in [1.807, 2.05) is 39.8 Å². The normalized spacial score (nSPS) is 11.1. The number of nitrogens with one attached hydrogen (secondary N) is 1. The molecule has 1 amide bonds. The highest BCUT2D eigenvalue weighted by atomic mass is 35.5. The average Bonchev–Trinajstić information content (AvgIpc) is 2.59. The van der Waals surface area contributed by atoms with Crippen LogP contribution in [-0.2, 0) is 11.2 Å². The second kappa shape index (κ2) is 9.42. The molecular formula is C21H25ClN2O3. The summed E-state index contributed by atoms with van der Waals surface area (Å²) < 4.78 is 11.0. The molecule has 0 fully saturated rings. The predicted octanol–water partition coefficient (Wildman–Crippen LogP) is 4.45. The lowest BCUT2D eigenvalue weighted by molar-refractivity contribution is -0.120. The van der Waals surface area contributed by atoms with Crippen molar-refractivity contribution in [3.8, 4) is 11.5 Å². The molecule has 0 unspecified atom stereocenters. The fraction of sp³-hybridized carbons (Fsp3) is 0.333. The molecule has 6 heteroatoms. The molecular weight excluding hydrogens is 364 g/mol. The van der Waals surface area contributed by atoms with Crippen LogP contribution in [0.25, 0.3) is 0 Å². The highest BCUT2D eigenvalue weighted by Crippen LogP contribution is 2.36. The van der Waals surface area contributed by atoms with E-state index >= 15 is 0 Å². The molecule has 0 radical (unpaired) electrons. The van der Waals surface area contributed by atoms with Gasteiger partial charge in [-0.15, -0.1) is 0 Å². The van der Waals surface area contributed by atoms with Crippen LogP contribution in [0.4, 0.5) is 0 Å². The third-order valence-corrected chi connectivity index (χ3v) is 4.14. The molecule has 2 rings (SSSR count). The van der Waals surface area contributed by atoms with Crippen LogP contribution in [0.3, 0.4) is 0 Å². The molecule has 0 aliphatic rings. The van der Waals surface area contributed by atoms with Crippen molar-refractivity contribution in [2.75, 3.05) is 7.11 Å². The van der Waals surface area contributed by atoms with Crippen molar-refractivity contribution in [2.45, 2.75) is 40.2 Å². The summed E-state index contributed by atoms with van der Waals surface area (Å²) in [5.74, 6) is 0.820. The Labute approximate surface area is 165 Å². The number of rotatable bonds is 7. The first-order valence-corrected chi connectivity index (χ1v) is 9.10. The zero-order valence-electron chi connectivity index (χ0n) is 16.3. The van der Waals surface area contributed by atoms with Gasteiger partial charge in [-0.1, -0.05) is 35.4 Å². The fourth-order valence-electron chi connectivity index (χ4n) is 2.60. The molecule has 0 aliphatic carbocycles. The summed E-state index contributed by atoms with van der Waals surface area (Å²) in [6.45, 7) is 7.85. The number of aryl methyl sites for hydroxylation is 2. The molecule has 0 bridgehead atoms. The molecule has 0 aliphatic heterocycles. The number of carbonyl (C=O) groups excluding carboxylic acids is 1. The fourth-order valence-corrected chi connectivity index (χ4v) is 2.86. The molecule has 27 heavy (non-hydrogen) atoms. The van der Waals surface area contributed by atoms with Crippen molar-refractivity contribution >= 4 is 23.7 Å². The van der Waals surface area contributed by atoms with E-state index in [0.717, 1.165) is 11.1 Å². The average molecular weight is 389 g/mol. The van der Waals surface area contributed by atoms with Crippen LogP contribution in [-0.4, -0.2) is 25.3 Å². The van der Waals surface area contributed by atoms with E-state index in [1.165, 1.54) is 11.8 Å². The summed E-state index contributed by atoms with van der Waals surface area (Å²) in [4.78, 5) is 12.1. The molecule has 5 nitrogen and oxygen atoms in total. The Kier molecular flexibility index (Phi) is 7.25. The summed E-state index contributed by atoms with van der Waals surface area (Å²) in [7, 11) is 1.55. The zero-order chi connectivity index (χ0) is 20.0. The molecule has 0 atom stereocenters. The Morgan fingerprint density at radius 2 is 2.00 bits per heavy atom. The summed E-state index contributed by atoms with van der Waals surface area (Å²) in [5.41, 5.74) is 6.48. The van der Waals surface area contributed by atoms with Gasteiger partial charge in [-0.2, -0.15) is 5.10 Å². The number of hydrazone groups is 1. The van der Waals surface area contributed by atoms with Gasteiger partial charge in [0.15, 0.2) is 11.5 Å². The van der Waals surface area contributed by atoms with Gasteiger partial charge >= 0.3 is 0 Å². The van der Waals surface area contributed by atoms with Crippen LogP contribution < -0.4 is 14.9 Å². The van der Waals surface area contributed by atoms with Gasteiger partial charge in [0, 0.05) is 0 Å². The minimum atomic E-state index is -0.184. The van der Waals surface area contributed by atoms with Gasteiger partial charge in [0.1, 0.15) is 0 Å². The predicted molar refractivity (Wildman–Crippen MR) is 109 cm³/mol. The van der Waals surface area contributed by atoms with E-state index in [4.69, 9.17) is 21.1 Å². The first-order chi connectivity index (χ1) is 12.8. The van der Waals surface area contributed by atoms with Crippen LogP contribution in [0.2, 0.25) is 5.02 Å². The third kappa shape index (κ3) is 6.00. The number of nitrogens with zero attached hydrogens (tertiary/aromatic N) is 1. The lowest BCUT2D eigenvalue weighted by atomic mass is 10.0. The number of methoxy groups -OCH3 is 1. The summed E-state index contributed by atoms with van der Waals surface area (Å²) >= 11 is 6.28. The summed E-state index contributed by atoms with van der Waals surface area (Å²) in [6.07, 6.45) is 1.77. The molecule has 2 aromatic rings. The number of halogens is 1. The van der Waals surface area contributed by atoms with E-state index in [1.54, 1.807) is 19.2 Å². The lowest BCUT2D eigenvalue weighted by Gasteiger charge is -2.15. The van der Waals surface area contributed by atoms with E-state index < -0.39 is 0 Å². The highest BCUT2D eigenvalue weighted by molar-refractivity contribution is 6.32. The summed E-state index contributed by atoms with van der Waals surface area (Å²) in [5, 5.41) is 4.43. The lowest BCUT2D eigenvalue weighted by Crippen LogP contribution is -2.20. The number of hydrogen-bond acceptors (Lipinski definition) is 4. The Morgan fingerprint density at radius 3 is 2.63 bits per heavy atom. The molecule has 0 saturated carbocycles. The van der Waals surface area contributed by atoms with Crippen LogP contribution in [0.1, 0.15) is 36.1 Å². The smallest absolute Gasteiger partial charge is 0.244 e. The summed E-state index contributed by atoms with van der Waals surface area (Å²) in [6, 6.07) is 9.48. The SMILES string of the molecule is COc1cc(/C=N/NC(=O)Cc2ccc(C)cc2C)cc(Cl)c1OC(C)C. The number of benzene rings is 2. The minimum Gasteiger partial charge on any atom is -0.493 e. The van der Waals surface area contributed by atoms with Gasteiger partial charge in [-0.05, 0) is 56.5 Å². The Bertz CT molecular complexity index is 848. The van der Waals surface area contributed by atoms with Crippen molar-refractivity contribution in [3.63, 3.8) is 0 Å². The molecule has 2 aromatic carbocycles. The minimum absolute atomic E-state index is 0.0274. The maximum absolute atomic E-state index is 12.1. The second-order valence-electron chi connectivity index (χ2n) is 6.60. The quantitative estimate of drug-likeness (QED) is 0.563. The third-order valence-electron chi connectivity index (χ3n) is 3.86. The Morgan fingerprint density at radius 1 is 1.26 bits per heavy atom. The standard InChI is InChI=1S/C21H25ClN2O3/c1-13(2)27-21-18(22)9-16(10-19(21)26-5)12-23-24-20(25)11-17-7-6-14(3)8-15(17)4/h6-10,12-13H,11H2,1-5H3,(H,24,25)/b23-12+. The van der Waals surface area contributed by atoms with E-state index in [0.29, 0.717) is 22.1 Å². The second-order valence-corrected chi connectivity index (χ2v) is 7.01. The number of hydrogen-bond donors (Lipinski definition) is 1. The zero-order valence-corrected chi connectivity index (χ0v) is 17.1. The van der Waals surface area contributed by atoms with Gasteiger partial charge in [-0.3, -0.25) is 4.79 Å². The van der Waals surface area contributed by atoms with Gasteiger partial charge in [0.25, 0.3) is 0 Å². The van der Waals surface area contributed by atoms with Crippen molar-refractivity contribution in [1.82, 2.24) is 5.43 Å². The van der Waals surface area contributed by atoms with Crippen LogP contribution in [0.15, 0.2) is 35.4 Å². The van der Waals surface area contributed by atoms with Gasteiger partial charge < -0.3 is 9.47 Å². The first-order valence-electron chi connectivity index (χ1n) is 8.72. The molecule has 0 spiro atoms. The van der Waals surface area contributed by atoms with Gasteiger partial charge in [0.05, 0.1) is 30.9 Å². The van der Waals surface area contributed by atoms with Gasteiger partial charge in [-0.25, -0.2) is 5.43 Å². The molecule has 0 heterocycles. The molecule has 1 N–H and O–H groups in total. The highest BCUT2D eigenvalue weighted by Gasteiger charge is 2.13. The largest absolute Gasteiger partial charge is 0.493 e. The van der Waals surface area contributed by atoms with Crippen molar-refractivity contribution in [3.05, 3.63) is 57.6 Å². The van der Waals surface area contributed by atoms with Crippen LogP contribution in [0.5, 0.6) is 11.5 Å². The maximum atomic E-state index is 12.1. The van der Waals surface area contributed by atoms with Crippen LogP contribution >= 0.6 is 11.6 Å².